The molecule has 4 aromatic carbocycles. The van der Waals surface area contributed by atoms with Gasteiger partial charge in [0.1, 0.15) is 0 Å². The van der Waals surface area contributed by atoms with Gasteiger partial charge in [-0.05, 0) is 53.6 Å². The topological polar surface area (TPSA) is 107 Å². The highest BCUT2D eigenvalue weighted by atomic mass is 32.2. The summed E-state index contributed by atoms with van der Waals surface area (Å²) in [6, 6.07) is 26.6. The van der Waals surface area contributed by atoms with E-state index in [4.69, 9.17) is 4.74 Å². The predicted octanol–water partition coefficient (Wildman–Crippen LogP) is 4.53. The van der Waals surface area contributed by atoms with E-state index >= 15 is 0 Å². The highest BCUT2D eigenvalue weighted by molar-refractivity contribution is 7.91. The summed E-state index contributed by atoms with van der Waals surface area (Å²) in [5, 5.41) is 2.65. The first kappa shape index (κ1) is 23.2. The minimum absolute atomic E-state index is 0.0121. The predicted molar refractivity (Wildman–Crippen MR) is 133 cm³/mol. The number of nitrogens with one attached hydrogen (secondary N) is 1. The number of esters is 1. The van der Waals surface area contributed by atoms with Crippen molar-refractivity contribution in [1.82, 2.24) is 0 Å². The first-order valence-electron chi connectivity index (χ1n) is 11.0. The maximum Gasteiger partial charge on any atom is 0.338 e. The lowest BCUT2D eigenvalue weighted by atomic mass is 10.0. The number of fused-ring (bicyclic) bond motifs is 2. The molecular weight excluding hydrogens is 478 g/mol. The summed E-state index contributed by atoms with van der Waals surface area (Å²) in [7, 11) is -3.99. The number of amides is 1. The second-order valence-corrected chi connectivity index (χ2v) is 9.99. The van der Waals surface area contributed by atoms with Crippen LogP contribution in [0.5, 0.6) is 0 Å². The number of benzene rings is 4. The van der Waals surface area contributed by atoms with E-state index in [1.165, 1.54) is 30.3 Å². The molecule has 4 aromatic rings. The van der Waals surface area contributed by atoms with Crippen molar-refractivity contribution in [3.05, 3.63) is 114 Å². The van der Waals surface area contributed by atoms with Gasteiger partial charge in [-0.2, -0.15) is 0 Å². The number of rotatable bonds is 5. The lowest BCUT2D eigenvalue weighted by Crippen LogP contribution is -2.22. The van der Waals surface area contributed by atoms with Crippen LogP contribution in [0, 0.1) is 0 Å². The molecule has 1 aliphatic rings. The number of hydrogen-bond acceptors (Lipinski definition) is 6. The van der Waals surface area contributed by atoms with Gasteiger partial charge in [0.05, 0.1) is 15.4 Å². The van der Waals surface area contributed by atoms with Crippen molar-refractivity contribution in [3.63, 3.8) is 0 Å². The lowest BCUT2D eigenvalue weighted by Gasteiger charge is -2.19. The largest absolute Gasteiger partial charge is 0.452 e. The maximum atomic E-state index is 13.0. The molecule has 8 heteroatoms. The molecule has 5 rings (SSSR count). The van der Waals surface area contributed by atoms with E-state index in [1.54, 1.807) is 18.2 Å². The van der Waals surface area contributed by atoms with E-state index in [1.807, 2.05) is 42.5 Å². The van der Waals surface area contributed by atoms with Gasteiger partial charge >= 0.3 is 5.97 Å². The quantitative estimate of drug-likeness (QED) is 0.358. The van der Waals surface area contributed by atoms with Crippen LogP contribution in [0.3, 0.4) is 0 Å². The Morgan fingerprint density at radius 1 is 0.722 bits per heavy atom. The van der Waals surface area contributed by atoms with Crippen LogP contribution >= 0.6 is 0 Å². The van der Waals surface area contributed by atoms with Crippen LogP contribution in [0.4, 0.5) is 5.69 Å². The summed E-state index contributed by atoms with van der Waals surface area (Å²) in [5.74, 6) is -1.87. The van der Waals surface area contributed by atoms with E-state index in [9.17, 15) is 22.8 Å². The van der Waals surface area contributed by atoms with E-state index in [0.29, 0.717) is 5.69 Å². The van der Waals surface area contributed by atoms with Crippen LogP contribution in [-0.4, -0.2) is 32.7 Å². The van der Waals surface area contributed by atoms with Crippen molar-refractivity contribution >= 4 is 33.2 Å². The number of carbonyl (C=O) groups is 3. The van der Waals surface area contributed by atoms with Gasteiger partial charge in [-0.15, -0.1) is 0 Å². The normalized spacial score (nSPS) is 13.3. The summed E-state index contributed by atoms with van der Waals surface area (Å²) in [4.78, 5) is 37.2. The van der Waals surface area contributed by atoms with Crippen LogP contribution < -0.4 is 5.32 Å². The fourth-order valence-corrected chi connectivity index (χ4v) is 5.68. The van der Waals surface area contributed by atoms with Gasteiger partial charge in [0.2, 0.25) is 9.84 Å². The van der Waals surface area contributed by atoms with Gasteiger partial charge in [0.25, 0.3) is 5.91 Å². The average Bonchev–Trinajstić information content (AvgIpc) is 2.91. The molecule has 0 fully saturated rings. The number of anilines is 1. The van der Waals surface area contributed by atoms with Crippen molar-refractivity contribution in [2.75, 3.05) is 11.9 Å². The maximum absolute atomic E-state index is 13.0. The van der Waals surface area contributed by atoms with E-state index in [-0.39, 0.29) is 26.5 Å². The summed E-state index contributed by atoms with van der Waals surface area (Å²) in [6.45, 7) is -0.565. The molecular formula is C28H19NO6S. The number of hydrogen-bond donors (Lipinski definition) is 1. The van der Waals surface area contributed by atoms with Crippen molar-refractivity contribution in [2.45, 2.75) is 9.79 Å². The smallest absolute Gasteiger partial charge is 0.338 e. The molecule has 0 spiro atoms. The summed E-state index contributed by atoms with van der Waals surface area (Å²) < 4.78 is 31.1. The van der Waals surface area contributed by atoms with E-state index < -0.39 is 34.1 Å². The molecule has 1 heterocycles. The van der Waals surface area contributed by atoms with Crippen molar-refractivity contribution < 1.29 is 27.5 Å². The second-order valence-electron chi connectivity index (χ2n) is 8.11. The zero-order valence-corrected chi connectivity index (χ0v) is 19.6. The number of carbonyl (C=O) groups excluding carboxylic acids is 3. The molecule has 0 radical (unpaired) electrons. The highest BCUT2D eigenvalue weighted by Crippen LogP contribution is 2.34. The van der Waals surface area contributed by atoms with Gasteiger partial charge in [0.15, 0.2) is 12.4 Å². The van der Waals surface area contributed by atoms with Crippen molar-refractivity contribution in [2.24, 2.45) is 0 Å². The Bertz CT molecular complexity index is 1610. The fraction of sp³-hybridized carbons (Fsp3) is 0.0357. The molecule has 0 unspecified atom stereocenters. The van der Waals surface area contributed by atoms with Crippen molar-refractivity contribution in [1.29, 1.82) is 0 Å². The van der Waals surface area contributed by atoms with Crippen molar-refractivity contribution in [3.8, 4) is 11.1 Å². The summed E-state index contributed by atoms with van der Waals surface area (Å²) >= 11 is 0. The minimum atomic E-state index is -3.99. The lowest BCUT2D eigenvalue weighted by molar-refractivity contribution is -0.119. The number of ketones is 1. The average molecular weight is 498 g/mol. The van der Waals surface area contributed by atoms with Crippen LogP contribution in [0.15, 0.2) is 107 Å². The first-order valence-corrected chi connectivity index (χ1v) is 12.5. The van der Waals surface area contributed by atoms with Gasteiger partial charge in [-0.3, -0.25) is 9.59 Å². The Hall–Kier alpha value is -4.56. The molecule has 1 amide bonds. The molecule has 7 nitrogen and oxygen atoms in total. The Labute approximate surface area is 207 Å². The zero-order chi connectivity index (χ0) is 25.3. The molecule has 1 N–H and O–H groups in total. The monoisotopic (exact) mass is 497 g/mol. The number of ether oxygens (including phenoxy) is 1. The molecule has 36 heavy (non-hydrogen) atoms. The Kier molecular flexibility index (Phi) is 5.95. The Morgan fingerprint density at radius 3 is 2.11 bits per heavy atom. The standard InChI is InChI=1S/C28H19NO6S/c30-26(29-21-13-10-19(11-14-21)18-6-2-1-3-7-18)17-35-28(32)20-12-15-23-25(16-20)36(33,34)24-9-5-4-8-22(24)27(23)31/h1-16H,17H2,(H,29,30). The van der Waals surface area contributed by atoms with E-state index in [0.717, 1.165) is 17.2 Å². The molecule has 0 bridgehead atoms. The van der Waals surface area contributed by atoms with Gasteiger partial charge in [-0.25, -0.2) is 13.2 Å². The van der Waals surface area contributed by atoms with Gasteiger partial charge < -0.3 is 10.1 Å². The minimum Gasteiger partial charge on any atom is -0.452 e. The Balaban J connectivity index is 1.26. The fourth-order valence-electron chi connectivity index (χ4n) is 4.00. The third-order valence-electron chi connectivity index (χ3n) is 5.78. The molecule has 0 aliphatic carbocycles. The Morgan fingerprint density at radius 2 is 1.36 bits per heavy atom. The zero-order valence-electron chi connectivity index (χ0n) is 18.8. The highest BCUT2D eigenvalue weighted by Gasteiger charge is 2.35. The molecule has 0 aromatic heterocycles. The molecule has 0 atom stereocenters. The molecule has 0 saturated heterocycles. The third-order valence-corrected chi connectivity index (χ3v) is 7.63. The van der Waals surface area contributed by atoms with Gasteiger partial charge in [0, 0.05) is 16.8 Å². The van der Waals surface area contributed by atoms with Gasteiger partial charge in [-0.1, -0.05) is 54.6 Å². The third kappa shape index (κ3) is 4.30. The van der Waals surface area contributed by atoms with Crippen LogP contribution in [0.2, 0.25) is 0 Å². The second kappa shape index (κ2) is 9.24. The van der Waals surface area contributed by atoms with E-state index in [2.05, 4.69) is 5.32 Å². The van der Waals surface area contributed by atoms with Crippen LogP contribution in [0.25, 0.3) is 11.1 Å². The first-order chi connectivity index (χ1) is 17.3. The summed E-state index contributed by atoms with van der Waals surface area (Å²) in [5.41, 5.74) is 2.57. The molecule has 0 saturated carbocycles. The van der Waals surface area contributed by atoms with Crippen LogP contribution in [-0.2, 0) is 19.4 Å². The molecule has 178 valence electrons. The van der Waals surface area contributed by atoms with Crippen LogP contribution in [0.1, 0.15) is 26.3 Å². The SMILES string of the molecule is O=C(COC(=O)c1ccc2c(c1)S(=O)(=O)c1ccccc1C2=O)Nc1ccc(-c2ccccc2)cc1. The summed E-state index contributed by atoms with van der Waals surface area (Å²) in [6.07, 6.45) is 0. The molecule has 1 aliphatic heterocycles. The number of sulfone groups is 1.